The smallest absolute Gasteiger partial charge is 0.241 e. The Kier molecular flexibility index (Phi) is 6.67. The fourth-order valence-electron chi connectivity index (χ4n) is 2.25. The number of carbonyl (C=O) groups is 1. The zero-order chi connectivity index (χ0) is 17.4. The SMILES string of the molecule is CC(C)COc1ccccc1NCC(=O)N(C)Cc1ccccc1. The minimum Gasteiger partial charge on any atom is -0.491 e. The van der Waals surface area contributed by atoms with Crippen LogP contribution >= 0.6 is 0 Å². The number of benzene rings is 2. The first-order valence-electron chi connectivity index (χ1n) is 8.30. The second kappa shape index (κ2) is 8.96. The fraction of sp³-hybridized carbons (Fsp3) is 0.350. The molecule has 0 radical (unpaired) electrons. The van der Waals surface area contributed by atoms with Gasteiger partial charge in [0.1, 0.15) is 5.75 Å². The van der Waals surface area contributed by atoms with Gasteiger partial charge in [-0.25, -0.2) is 0 Å². The van der Waals surface area contributed by atoms with E-state index < -0.39 is 0 Å². The minimum atomic E-state index is 0.0394. The molecule has 2 aromatic rings. The first kappa shape index (κ1) is 17.9. The first-order chi connectivity index (χ1) is 11.6. The van der Waals surface area contributed by atoms with Crippen LogP contribution in [0.25, 0.3) is 0 Å². The highest BCUT2D eigenvalue weighted by Gasteiger charge is 2.11. The molecule has 24 heavy (non-hydrogen) atoms. The third-order valence-corrected chi connectivity index (χ3v) is 3.58. The standard InChI is InChI=1S/C20H26N2O2/c1-16(2)15-24-19-12-8-7-11-18(19)21-13-20(23)22(3)14-17-9-5-4-6-10-17/h4-12,16,21H,13-15H2,1-3H3. The maximum Gasteiger partial charge on any atom is 0.241 e. The Bertz CT molecular complexity index is 641. The Morgan fingerprint density at radius 3 is 2.46 bits per heavy atom. The van der Waals surface area contributed by atoms with Crippen LogP contribution in [-0.2, 0) is 11.3 Å². The van der Waals surface area contributed by atoms with Crippen molar-refractivity contribution < 1.29 is 9.53 Å². The van der Waals surface area contributed by atoms with Crippen LogP contribution in [0.2, 0.25) is 0 Å². The lowest BCUT2D eigenvalue weighted by molar-refractivity contribution is -0.128. The molecule has 1 amide bonds. The van der Waals surface area contributed by atoms with Gasteiger partial charge in [-0.1, -0.05) is 56.3 Å². The summed E-state index contributed by atoms with van der Waals surface area (Å²) in [7, 11) is 1.82. The molecule has 0 aliphatic heterocycles. The number of anilines is 1. The summed E-state index contributed by atoms with van der Waals surface area (Å²) >= 11 is 0. The molecule has 128 valence electrons. The Hall–Kier alpha value is -2.49. The van der Waals surface area contributed by atoms with E-state index in [1.54, 1.807) is 4.90 Å². The van der Waals surface area contributed by atoms with Crippen molar-refractivity contribution in [3.8, 4) is 5.75 Å². The van der Waals surface area contributed by atoms with Crippen molar-refractivity contribution >= 4 is 11.6 Å². The molecule has 4 heteroatoms. The van der Waals surface area contributed by atoms with Crippen LogP contribution in [0.15, 0.2) is 54.6 Å². The Morgan fingerprint density at radius 2 is 1.75 bits per heavy atom. The molecule has 0 heterocycles. The van der Waals surface area contributed by atoms with Gasteiger partial charge in [0.25, 0.3) is 0 Å². The Balaban J connectivity index is 1.89. The second-order valence-electron chi connectivity index (χ2n) is 6.29. The molecule has 2 rings (SSSR count). The van der Waals surface area contributed by atoms with Crippen molar-refractivity contribution in [2.24, 2.45) is 5.92 Å². The molecule has 1 N–H and O–H groups in total. The van der Waals surface area contributed by atoms with Crippen molar-refractivity contribution in [1.82, 2.24) is 4.90 Å². The normalized spacial score (nSPS) is 10.5. The van der Waals surface area contributed by atoms with Crippen LogP contribution in [0.5, 0.6) is 5.75 Å². The third-order valence-electron chi connectivity index (χ3n) is 3.58. The summed E-state index contributed by atoms with van der Waals surface area (Å²) in [6.45, 7) is 5.72. The monoisotopic (exact) mass is 326 g/mol. The van der Waals surface area contributed by atoms with Crippen molar-refractivity contribution in [3.63, 3.8) is 0 Å². The zero-order valence-electron chi connectivity index (χ0n) is 14.7. The first-order valence-corrected chi connectivity index (χ1v) is 8.30. The third kappa shape index (κ3) is 5.61. The number of ether oxygens (including phenoxy) is 1. The number of likely N-dealkylation sites (N-methyl/N-ethyl adjacent to an activating group) is 1. The van der Waals surface area contributed by atoms with Crippen molar-refractivity contribution in [3.05, 3.63) is 60.2 Å². The summed E-state index contributed by atoms with van der Waals surface area (Å²) in [5.74, 6) is 1.28. The summed E-state index contributed by atoms with van der Waals surface area (Å²) in [5.41, 5.74) is 1.97. The molecule has 0 fully saturated rings. The van der Waals surface area contributed by atoms with Crippen molar-refractivity contribution in [2.45, 2.75) is 20.4 Å². The second-order valence-corrected chi connectivity index (χ2v) is 6.29. The molecule has 2 aromatic carbocycles. The van der Waals surface area contributed by atoms with Gasteiger partial charge >= 0.3 is 0 Å². The topological polar surface area (TPSA) is 41.6 Å². The lowest BCUT2D eigenvalue weighted by Gasteiger charge is -2.19. The highest BCUT2D eigenvalue weighted by atomic mass is 16.5. The van der Waals surface area contributed by atoms with E-state index >= 15 is 0 Å². The van der Waals surface area contributed by atoms with Crippen LogP contribution in [0.4, 0.5) is 5.69 Å². The number of para-hydroxylation sites is 2. The maximum atomic E-state index is 12.3. The van der Waals surface area contributed by atoms with E-state index in [-0.39, 0.29) is 12.5 Å². The van der Waals surface area contributed by atoms with Gasteiger partial charge in [0.2, 0.25) is 5.91 Å². The number of nitrogens with one attached hydrogen (secondary N) is 1. The van der Waals surface area contributed by atoms with E-state index in [1.807, 2.05) is 61.6 Å². The molecule has 4 nitrogen and oxygen atoms in total. The average Bonchev–Trinajstić information content (AvgIpc) is 2.59. The summed E-state index contributed by atoms with van der Waals surface area (Å²) in [6.07, 6.45) is 0. The van der Waals surface area contributed by atoms with Crippen molar-refractivity contribution in [1.29, 1.82) is 0 Å². The average molecular weight is 326 g/mol. The number of amides is 1. The van der Waals surface area contributed by atoms with E-state index in [2.05, 4.69) is 19.2 Å². The van der Waals surface area contributed by atoms with Crippen LogP contribution < -0.4 is 10.1 Å². The van der Waals surface area contributed by atoms with Gasteiger partial charge in [-0.2, -0.15) is 0 Å². The van der Waals surface area contributed by atoms with Gasteiger partial charge in [0.05, 0.1) is 18.8 Å². The summed E-state index contributed by atoms with van der Waals surface area (Å²) in [6, 6.07) is 17.7. The highest BCUT2D eigenvalue weighted by Crippen LogP contribution is 2.24. The molecule has 0 aliphatic rings. The predicted octanol–water partition coefficient (Wildman–Crippen LogP) is 3.79. The zero-order valence-corrected chi connectivity index (χ0v) is 14.7. The van der Waals surface area contributed by atoms with Gasteiger partial charge in [0.15, 0.2) is 0 Å². The Morgan fingerprint density at radius 1 is 1.08 bits per heavy atom. The van der Waals surface area contributed by atoms with Gasteiger partial charge < -0.3 is 15.0 Å². The minimum absolute atomic E-state index is 0.0394. The van der Waals surface area contributed by atoms with Crippen LogP contribution in [-0.4, -0.2) is 31.0 Å². The number of nitrogens with zero attached hydrogens (tertiary/aromatic N) is 1. The molecule has 0 saturated carbocycles. The molecule has 0 spiro atoms. The quantitative estimate of drug-likeness (QED) is 0.802. The lowest BCUT2D eigenvalue weighted by atomic mass is 10.2. The number of carbonyl (C=O) groups excluding carboxylic acids is 1. The summed E-state index contributed by atoms with van der Waals surface area (Å²) in [4.78, 5) is 14.0. The lowest BCUT2D eigenvalue weighted by Crippen LogP contribution is -2.31. The summed E-state index contributed by atoms with van der Waals surface area (Å²) in [5, 5.41) is 3.19. The summed E-state index contributed by atoms with van der Waals surface area (Å²) < 4.78 is 5.80. The molecule has 0 unspecified atom stereocenters. The molecular formula is C20H26N2O2. The van der Waals surface area contributed by atoms with E-state index in [0.717, 1.165) is 17.0 Å². The Labute approximate surface area is 144 Å². The van der Waals surface area contributed by atoms with E-state index in [1.165, 1.54) is 0 Å². The predicted molar refractivity (Wildman–Crippen MR) is 98.2 cm³/mol. The van der Waals surface area contributed by atoms with E-state index in [9.17, 15) is 4.79 Å². The molecule has 0 aliphatic carbocycles. The molecule has 0 aromatic heterocycles. The van der Waals surface area contributed by atoms with E-state index in [4.69, 9.17) is 4.74 Å². The van der Waals surface area contributed by atoms with Gasteiger partial charge in [-0.3, -0.25) is 4.79 Å². The van der Waals surface area contributed by atoms with Crippen molar-refractivity contribution in [2.75, 3.05) is 25.5 Å². The molecule has 0 saturated heterocycles. The fourth-order valence-corrected chi connectivity index (χ4v) is 2.25. The largest absolute Gasteiger partial charge is 0.491 e. The highest BCUT2D eigenvalue weighted by molar-refractivity contribution is 5.81. The van der Waals surface area contributed by atoms with Gasteiger partial charge in [-0.05, 0) is 23.6 Å². The van der Waals surface area contributed by atoms with Crippen LogP contribution in [0, 0.1) is 5.92 Å². The molecule has 0 bridgehead atoms. The number of hydrogen-bond acceptors (Lipinski definition) is 3. The van der Waals surface area contributed by atoms with Gasteiger partial charge in [0, 0.05) is 13.6 Å². The number of rotatable bonds is 8. The molecular weight excluding hydrogens is 300 g/mol. The maximum absolute atomic E-state index is 12.3. The van der Waals surface area contributed by atoms with E-state index in [0.29, 0.717) is 19.1 Å². The molecule has 0 atom stereocenters. The number of hydrogen-bond donors (Lipinski definition) is 1. The van der Waals surface area contributed by atoms with Gasteiger partial charge in [-0.15, -0.1) is 0 Å². The van der Waals surface area contributed by atoms with Crippen LogP contribution in [0.3, 0.4) is 0 Å². The van der Waals surface area contributed by atoms with Crippen LogP contribution in [0.1, 0.15) is 19.4 Å².